The Morgan fingerprint density at radius 1 is 1.04 bits per heavy atom. The van der Waals surface area contributed by atoms with Crippen LogP contribution in [0.5, 0.6) is 0 Å². The number of rotatable bonds is 5. The highest BCUT2D eigenvalue weighted by atomic mass is 35.5. The van der Waals surface area contributed by atoms with Crippen LogP contribution in [0.2, 0.25) is 5.02 Å². The van der Waals surface area contributed by atoms with E-state index in [0.29, 0.717) is 29.0 Å². The fraction of sp³-hybridized carbons (Fsp3) is 0.105. The number of nitrogen functional groups attached to an aromatic ring is 1. The molecule has 0 aliphatic heterocycles. The number of nitrogens with two attached hydrogens (primary N) is 1. The quantitative estimate of drug-likeness (QED) is 0.563. The van der Waals surface area contributed by atoms with E-state index in [9.17, 15) is 0 Å². The number of H-pyrrole nitrogens is 1. The van der Waals surface area contributed by atoms with Crippen LogP contribution in [0.1, 0.15) is 5.56 Å². The molecule has 130 valence electrons. The van der Waals surface area contributed by atoms with Gasteiger partial charge in [-0.05, 0) is 36.2 Å². The predicted octanol–water partition coefficient (Wildman–Crippen LogP) is 3.81. The van der Waals surface area contributed by atoms with Gasteiger partial charge in [-0.15, -0.1) is 0 Å². The van der Waals surface area contributed by atoms with Crippen LogP contribution in [0.4, 0.5) is 5.82 Å². The fourth-order valence-corrected chi connectivity index (χ4v) is 2.87. The maximum atomic E-state index is 6.26. The first-order chi connectivity index (χ1) is 12.7. The Balaban J connectivity index is 1.54. The molecule has 7 heteroatoms. The molecular weight excluding hydrogens is 348 g/mol. The van der Waals surface area contributed by atoms with Crippen molar-refractivity contribution in [2.24, 2.45) is 0 Å². The lowest BCUT2D eigenvalue weighted by molar-refractivity contribution is 0.624. The number of halogens is 1. The largest absolute Gasteiger partial charge is 0.383 e. The van der Waals surface area contributed by atoms with Gasteiger partial charge in [-0.3, -0.25) is 5.10 Å². The number of aromatic amines is 1. The average Bonchev–Trinajstić information content (AvgIpc) is 3.28. The maximum Gasteiger partial charge on any atom is 0.181 e. The van der Waals surface area contributed by atoms with E-state index in [2.05, 4.69) is 32.4 Å². The summed E-state index contributed by atoms with van der Waals surface area (Å²) in [5.74, 6) is 1.76. The summed E-state index contributed by atoms with van der Waals surface area (Å²) in [6, 6.07) is 17.6. The van der Waals surface area contributed by atoms with Crippen LogP contribution in [-0.2, 0) is 13.0 Å². The maximum absolute atomic E-state index is 6.26. The normalized spacial score (nSPS) is 11.0. The number of nitrogens with one attached hydrogen (secondary N) is 1. The van der Waals surface area contributed by atoms with Crippen molar-refractivity contribution in [3.05, 3.63) is 71.4 Å². The molecule has 26 heavy (non-hydrogen) atoms. The highest BCUT2D eigenvalue weighted by Crippen LogP contribution is 2.25. The van der Waals surface area contributed by atoms with Crippen molar-refractivity contribution in [3.63, 3.8) is 0 Å². The van der Waals surface area contributed by atoms with Gasteiger partial charge in [0.05, 0.1) is 11.8 Å². The molecule has 0 saturated carbocycles. The van der Waals surface area contributed by atoms with Gasteiger partial charge in [0, 0.05) is 17.1 Å². The van der Waals surface area contributed by atoms with Gasteiger partial charge < -0.3 is 5.73 Å². The number of benzene rings is 2. The molecule has 0 aliphatic carbocycles. The number of aryl methyl sites for hydroxylation is 2. The van der Waals surface area contributed by atoms with Crippen molar-refractivity contribution in [3.8, 4) is 22.8 Å². The van der Waals surface area contributed by atoms with Crippen LogP contribution in [0.15, 0.2) is 60.8 Å². The lowest BCUT2D eigenvalue weighted by Gasteiger charge is -2.04. The molecular formula is C19H17ClN6. The van der Waals surface area contributed by atoms with E-state index in [1.807, 2.05) is 42.5 Å². The zero-order chi connectivity index (χ0) is 17.9. The van der Waals surface area contributed by atoms with Crippen molar-refractivity contribution in [2.45, 2.75) is 13.0 Å². The summed E-state index contributed by atoms with van der Waals surface area (Å²) in [6.45, 7) is 0.702. The summed E-state index contributed by atoms with van der Waals surface area (Å²) in [7, 11) is 0. The summed E-state index contributed by atoms with van der Waals surface area (Å²) in [5, 5.41) is 12.3. The van der Waals surface area contributed by atoms with Crippen molar-refractivity contribution < 1.29 is 0 Å². The Morgan fingerprint density at radius 2 is 1.81 bits per heavy atom. The molecule has 0 atom stereocenters. The lowest BCUT2D eigenvalue weighted by Crippen LogP contribution is -2.07. The molecule has 0 spiro atoms. The van der Waals surface area contributed by atoms with Crippen molar-refractivity contribution in [1.29, 1.82) is 0 Å². The molecule has 0 aliphatic rings. The Bertz CT molecular complexity index is 1000. The number of anilines is 1. The molecule has 2 aromatic heterocycles. The van der Waals surface area contributed by atoms with Gasteiger partial charge in [-0.2, -0.15) is 10.2 Å². The molecule has 0 amide bonds. The van der Waals surface area contributed by atoms with Gasteiger partial charge in [-0.25, -0.2) is 9.67 Å². The molecule has 0 unspecified atom stereocenters. The monoisotopic (exact) mass is 364 g/mol. The molecule has 2 heterocycles. The molecule has 0 saturated heterocycles. The third kappa shape index (κ3) is 3.32. The molecule has 4 aromatic rings. The predicted molar refractivity (Wildman–Crippen MR) is 103 cm³/mol. The molecule has 2 aromatic carbocycles. The van der Waals surface area contributed by atoms with Crippen LogP contribution in [0, 0.1) is 0 Å². The fourth-order valence-electron chi connectivity index (χ4n) is 2.75. The molecule has 3 N–H and O–H groups in total. The van der Waals surface area contributed by atoms with Crippen LogP contribution in [0.25, 0.3) is 22.8 Å². The summed E-state index contributed by atoms with van der Waals surface area (Å²) in [6.07, 6.45) is 2.57. The van der Waals surface area contributed by atoms with E-state index in [0.717, 1.165) is 17.5 Å². The Morgan fingerprint density at radius 3 is 2.58 bits per heavy atom. The Hall–Kier alpha value is -3.12. The van der Waals surface area contributed by atoms with Crippen LogP contribution in [-0.4, -0.2) is 25.0 Å². The van der Waals surface area contributed by atoms with E-state index in [4.69, 9.17) is 17.3 Å². The van der Waals surface area contributed by atoms with E-state index in [1.54, 1.807) is 10.9 Å². The first-order valence-corrected chi connectivity index (χ1v) is 8.62. The lowest BCUT2D eigenvalue weighted by atomic mass is 10.1. The number of aromatic nitrogens is 5. The molecule has 6 nitrogen and oxygen atoms in total. The first kappa shape index (κ1) is 16.4. The summed E-state index contributed by atoms with van der Waals surface area (Å²) >= 11 is 5.92. The van der Waals surface area contributed by atoms with Gasteiger partial charge in [0.25, 0.3) is 0 Å². The van der Waals surface area contributed by atoms with Gasteiger partial charge in [-0.1, -0.05) is 41.9 Å². The third-order valence-electron chi connectivity index (χ3n) is 4.18. The highest BCUT2D eigenvalue weighted by Gasteiger charge is 2.14. The summed E-state index contributed by atoms with van der Waals surface area (Å²) in [4.78, 5) is 4.53. The average molecular weight is 365 g/mol. The topological polar surface area (TPSA) is 85.4 Å². The molecule has 0 fully saturated rings. The minimum absolute atomic E-state index is 0.569. The van der Waals surface area contributed by atoms with Crippen molar-refractivity contribution >= 4 is 17.4 Å². The summed E-state index contributed by atoms with van der Waals surface area (Å²) in [5.41, 5.74) is 9.13. The van der Waals surface area contributed by atoms with Gasteiger partial charge in [0.2, 0.25) is 0 Å². The van der Waals surface area contributed by atoms with Gasteiger partial charge >= 0.3 is 0 Å². The molecule has 0 radical (unpaired) electrons. The number of hydrogen-bond donors (Lipinski definition) is 2. The van der Waals surface area contributed by atoms with Crippen LogP contribution >= 0.6 is 11.6 Å². The molecule has 4 rings (SSSR count). The Kier molecular flexibility index (Phi) is 4.41. The van der Waals surface area contributed by atoms with Gasteiger partial charge in [0.15, 0.2) is 11.6 Å². The summed E-state index contributed by atoms with van der Waals surface area (Å²) < 4.78 is 1.78. The SMILES string of the molecule is Nc1c(-c2nc(-c3ccc(Cl)cc3)n[nH]2)cnn1CCc1ccccc1. The van der Waals surface area contributed by atoms with E-state index in [1.165, 1.54) is 5.56 Å². The number of hydrogen-bond acceptors (Lipinski definition) is 4. The van der Waals surface area contributed by atoms with E-state index < -0.39 is 0 Å². The molecule has 0 bridgehead atoms. The van der Waals surface area contributed by atoms with E-state index in [-0.39, 0.29) is 0 Å². The van der Waals surface area contributed by atoms with Crippen molar-refractivity contribution in [1.82, 2.24) is 25.0 Å². The standard InChI is InChI=1S/C19H17ClN6/c20-15-8-6-14(7-9-15)18-23-19(25-24-18)16-12-22-26(17(16)21)11-10-13-4-2-1-3-5-13/h1-9,12H,10-11,21H2,(H,23,24,25). The third-order valence-corrected chi connectivity index (χ3v) is 4.43. The second kappa shape index (κ2) is 7.01. The minimum atomic E-state index is 0.569. The minimum Gasteiger partial charge on any atom is -0.383 e. The second-order valence-corrected chi connectivity index (χ2v) is 6.35. The van der Waals surface area contributed by atoms with Crippen molar-refractivity contribution in [2.75, 3.05) is 5.73 Å². The Labute approximate surface area is 155 Å². The van der Waals surface area contributed by atoms with Gasteiger partial charge in [0.1, 0.15) is 5.82 Å². The zero-order valence-corrected chi connectivity index (χ0v) is 14.7. The van der Waals surface area contributed by atoms with Crippen LogP contribution in [0.3, 0.4) is 0 Å². The van der Waals surface area contributed by atoms with E-state index >= 15 is 0 Å². The zero-order valence-electron chi connectivity index (χ0n) is 13.9. The number of nitrogens with zero attached hydrogens (tertiary/aromatic N) is 4. The smallest absolute Gasteiger partial charge is 0.181 e. The second-order valence-electron chi connectivity index (χ2n) is 5.92. The van der Waals surface area contributed by atoms with Crippen LogP contribution < -0.4 is 5.73 Å². The first-order valence-electron chi connectivity index (χ1n) is 8.24. The highest BCUT2D eigenvalue weighted by molar-refractivity contribution is 6.30.